The molecule has 3 aromatic rings. The molecule has 0 unspecified atom stereocenters. The van der Waals surface area contributed by atoms with Crippen molar-refractivity contribution in [2.75, 3.05) is 12.4 Å². The number of rotatable bonds is 4. The van der Waals surface area contributed by atoms with E-state index in [2.05, 4.69) is 10.3 Å². The normalized spacial score (nSPS) is 15.3. The third-order valence-corrected chi connectivity index (χ3v) is 5.73. The maximum Gasteiger partial charge on any atom is 0.433 e. The fraction of sp³-hybridized carbons (Fsp3) is 0.409. The number of ether oxygens (including phenoxy) is 1. The van der Waals surface area contributed by atoms with Gasteiger partial charge in [-0.2, -0.15) is 13.2 Å². The first kappa shape index (κ1) is 21.1. The van der Waals surface area contributed by atoms with Crippen LogP contribution in [0.4, 0.5) is 18.9 Å². The predicted octanol–water partition coefficient (Wildman–Crippen LogP) is 5.30. The summed E-state index contributed by atoms with van der Waals surface area (Å²) in [6.07, 6.45) is 1.17. The molecule has 1 aliphatic carbocycles. The van der Waals surface area contributed by atoms with Crippen molar-refractivity contribution in [2.24, 2.45) is 7.05 Å². The van der Waals surface area contributed by atoms with Crippen LogP contribution in [0.3, 0.4) is 0 Å². The van der Waals surface area contributed by atoms with Gasteiger partial charge in [0.25, 0.3) is 5.91 Å². The number of nitrogens with zero attached hydrogens (tertiary/aromatic N) is 3. The van der Waals surface area contributed by atoms with E-state index in [1.165, 1.54) is 32.4 Å². The van der Waals surface area contributed by atoms with E-state index in [9.17, 15) is 18.0 Å². The van der Waals surface area contributed by atoms with Gasteiger partial charge in [0.1, 0.15) is 23.0 Å². The molecule has 31 heavy (non-hydrogen) atoms. The Morgan fingerprint density at radius 3 is 2.58 bits per heavy atom. The van der Waals surface area contributed by atoms with Crippen LogP contribution in [0, 0.1) is 0 Å². The number of fused-ring (bicyclic) bond motifs is 1. The summed E-state index contributed by atoms with van der Waals surface area (Å²) in [5, 5.41) is 2.63. The van der Waals surface area contributed by atoms with Gasteiger partial charge in [-0.3, -0.25) is 4.79 Å². The van der Waals surface area contributed by atoms with Crippen molar-refractivity contribution in [3.63, 3.8) is 0 Å². The third kappa shape index (κ3) is 4.22. The number of hydrogen-bond donors (Lipinski definition) is 1. The van der Waals surface area contributed by atoms with Crippen LogP contribution in [0.2, 0.25) is 0 Å². The van der Waals surface area contributed by atoms with E-state index in [0.29, 0.717) is 17.4 Å². The minimum absolute atomic E-state index is 0.329. The molecule has 0 spiro atoms. The summed E-state index contributed by atoms with van der Waals surface area (Å²) < 4.78 is 46.2. The maximum absolute atomic E-state index is 12.9. The van der Waals surface area contributed by atoms with Gasteiger partial charge in [-0.25, -0.2) is 9.97 Å². The second-order valence-corrected chi connectivity index (χ2v) is 7.77. The van der Waals surface area contributed by atoms with Gasteiger partial charge in [0, 0.05) is 19.0 Å². The molecule has 6 nitrogen and oxygen atoms in total. The number of carbonyl (C=O) groups is 1. The van der Waals surface area contributed by atoms with Gasteiger partial charge < -0.3 is 14.6 Å². The number of carbonyl (C=O) groups excluding carboxylic acids is 1. The Kier molecular flexibility index (Phi) is 5.60. The van der Waals surface area contributed by atoms with E-state index in [1.54, 1.807) is 12.1 Å². The van der Waals surface area contributed by atoms with Crippen LogP contribution in [-0.4, -0.2) is 27.6 Å². The van der Waals surface area contributed by atoms with Crippen LogP contribution < -0.4 is 10.1 Å². The van der Waals surface area contributed by atoms with Crippen LogP contribution in [-0.2, 0) is 13.2 Å². The summed E-state index contributed by atoms with van der Waals surface area (Å²) >= 11 is 0. The Bertz CT molecular complexity index is 1120. The maximum atomic E-state index is 12.9. The van der Waals surface area contributed by atoms with Crippen molar-refractivity contribution in [1.29, 1.82) is 0 Å². The Morgan fingerprint density at radius 1 is 1.16 bits per heavy atom. The minimum atomic E-state index is -4.63. The highest BCUT2D eigenvalue weighted by molar-refractivity contribution is 6.04. The average Bonchev–Trinajstić information content (AvgIpc) is 3.09. The fourth-order valence-electron chi connectivity index (χ4n) is 4.14. The predicted molar refractivity (Wildman–Crippen MR) is 110 cm³/mol. The van der Waals surface area contributed by atoms with E-state index in [-0.39, 0.29) is 5.69 Å². The number of anilines is 1. The molecule has 1 amide bonds. The van der Waals surface area contributed by atoms with Gasteiger partial charge in [-0.05, 0) is 31.0 Å². The van der Waals surface area contributed by atoms with Gasteiger partial charge in [0.2, 0.25) is 0 Å². The molecule has 2 heterocycles. The Labute approximate surface area is 177 Å². The number of hydrogen-bond acceptors (Lipinski definition) is 4. The zero-order chi connectivity index (χ0) is 22.2. The monoisotopic (exact) mass is 432 g/mol. The second kappa shape index (κ2) is 8.20. The molecule has 1 aromatic carbocycles. The highest BCUT2D eigenvalue weighted by atomic mass is 19.4. The SMILES string of the molecule is COc1cc2nc(C3CCCCC3)n(C)c2cc1NC(=O)c1cccc(C(F)(F)F)n1. The summed E-state index contributed by atoms with van der Waals surface area (Å²) in [6.45, 7) is 0. The van der Waals surface area contributed by atoms with Gasteiger partial charge in [-0.1, -0.05) is 25.3 Å². The number of aromatic nitrogens is 3. The molecule has 0 atom stereocenters. The number of amides is 1. The van der Waals surface area contributed by atoms with E-state index in [1.807, 2.05) is 11.6 Å². The first-order valence-electron chi connectivity index (χ1n) is 10.2. The number of halogens is 3. The molecule has 4 rings (SSSR count). The van der Waals surface area contributed by atoms with E-state index in [0.717, 1.165) is 41.8 Å². The van der Waals surface area contributed by atoms with Gasteiger partial charge in [-0.15, -0.1) is 0 Å². The standard InChI is InChI=1S/C22H23F3N4O2/c1-29-17-11-16(28-21(30)14-9-6-10-19(26-14)22(23,24)25)18(31-2)12-15(17)27-20(29)13-7-4-3-5-8-13/h6,9-13H,3-5,7-8H2,1-2H3,(H,28,30). The van der Waals surface area contributed by atoms with E-state index < -0.39 is 17.8 Å². The molecule has 9 heteroatoms. The highest BCUT2D eigenvalue weighted by Gasteiger charge is 2.33. The first-order chi connectivity index (χ1) is 14.8. The number of pyridine rings is 1. The lowest BCUT2D eigenvalue weighted by molar-refractivity contribution is -0.141. The van der Waals surface area contributed by atoms with Crippen LogP contribution in [0.5, 0.6) is 5.75 Å². The zero-order valence-corrected chi connectivity index (χ0v) is 17.3. The lowest BCUT2D eigenvalue weighted by Crippen LogP contribution is -2.17. The Hall–Kier alpha value is -3.10. The van der Waals surface area contributed by atoms with Gasteiger partial charge in [0.15, 0.2) is 0 Å². The minimum Gasteiger partial charge on any atom is -0.494 e. The van der Waals surface area contributed by atoms with Crippen LogP contribution in [0.15, 0.2) is 30.3 Å². The number of imidazole rings is 1. The van der Waals surface area contributed by atoms with E-state index >= 15 is 0 Å². The third-order valence-electron chi connectivity index (χ3n) is 5.73. The smallest absolute Gasteiger partial charge is 0.433 e. The summed E-state index contributed by atoms with van der Waals surface area (Å²) in [7, 11) is 3.40. The average molecular weight is 432 g/mol. The summed E-state index contributed by atoms with van der Waals surface area (Å²) in [6, 6.07) is 6.69. The second-order valence-electron chi connectivity index (χ2n) is 7.77. The molecule has 0 radical (unpaired) electrons. The number of nitrogens with one attached hydrogen (secondary N) is 1. The van der Waals surface area contributed by atoms with Crippen molar-refractivity contribution in [1.82, 2.24) is 14.5 Å². The summed E-state index contributed by atoms with van der Waals surface area (Å²) in [4.78, 5) is 20.9. The zero-order valence-electron chi connectivity index (χ0n) is 17.3. The molecule has 0 saturated heterocycles. The first-order valence-corrected chi connectivity index (χ1v) is 10.2. The molecule has 0 bridgehead atoms. The van der Waals surface area contributed by atoms with Crippen molar-refractivity contribution >= 4 is 22.6 Å². The molecular formula is C22H23F3N4O2. The lowest BCUT2D eigenvalue weighted by Gasteiger charge is -2.21. The van der Waals surface area contributed by atoms with Gasteiger partial charge >= 0.3 is 6.18 Å². The molecule has 1 saturated carbocycles. The summed E-state index contributed by atoms with van der Waals surface area (Å²) in [5.41, 5.74) is 0.456. The quantitative estimate of drug-likeness (QED) is 0.608. The van der Waals surface area contributed by atoms with Crippen LogP contribution in [0.1, 0.15) is 60.0 Å². The van der Waals surface area contributed by atoms with Crippen LogP contribution in [0.25, 0.3) is 11.0 Å². The Morgan fingerprint density at radius 2 is 1.90 bits per heavy atom. The molecule has 1 N–H and O–H groups in total. The lowest BCUT2D eigenvalue weighted by atomic mass is 9.89. The molecular weight excluding hydrogens is 409 g/mol. The van der Waals surface area contributed by atoms with E-state index in [4.69, 9.17) is 9.72 Å². The Balaban J connectivity index is 1.67. The van der Waals surface area contributed by atoms with Crippen molar-refractivity contribution in [3.05, 3.63) is 47.5 Å². The largest absolute Gasteiger partial charge is 0.494 e. The molecule has 164 valence electrons. The number of alkyl halides is 3. The molecule has 1 fully saturated rings. The topological polar surface area (TPSA) is 69.0 Å². The van der Waals surface area contributed by atoms with Crippen LogP contribution >= 0.6 is 0 Å². The number of methoxy groups -OCH3 is 1. The fourth-order valence-corrected chi connectivity index (χ4v) is 4.14. The molecule has 0 aliphatic heterocycles. The van der Waals surface area contributed by atoms with Crippen molar-refractivity contribution < 1.29 is 22.7 Å². The molecule has 2 aromatic heterocycles. The van der Waals surface area contributed by atoms with Crippen molar-refractivity contribution in [3.8, 4) is 5.75 Å². The number of benzene rings is 1. The van der Waals surface area contributed by atoms with Crippen molar-refractivity contribution in [2.45, 2.75) is 44.2 Å². The molecule has 1 aliphatic rings. The summed E-state index contributed by atoms with van der Waals surface area (Å²) in [5.74, 6) is 1.02. The highest BCUT2D eigenvalue weighted by Crippen LogP contribution is 2.36. The van der Waals surface area contributed by atoms with Gasteiger partial charge in [0.05, 0.1) is 23.8 Å². The number of aryl methyl sites for hydroxylation is 1.